The first-order chi connectivity index (χ1) is 13.7. The zero-order valence-corrected chi connectivity index (χ0v) is 19.2. The highest BCUT2D eigenvalue weighted by molar-refractivity contribution is 7.98. The van der Waals surface area contributed by atoms with Crippen LogP contribution in [0.2, 0.25) is 0 Å². The summed E-state index contributed by atoms with van der Waals surface area (Å²) in [5, 5.41) is 2.84. The average molecular weight is 435 g/mol. The number of thioether (sulfide) groups is 1. The summed E-state index contributed by atoms with van der Waals surface area (Å²) in [5.41, 5.74) is 4.87. The zero-order chi connectivity index (χ0) is 21.4. The summed E-state index contributed by atoms with van der Waals surface area (Å²) in [7, 11) is -3.56. The molecule has 0 radical (unpaired) electrons. The third-order valence-electron chi connectivity index (χ3n) is 4.50. The zero-order valence-electron chi connectivity index (χ0n) is 17.6. The number of amides is 1. The number of rotatable bonds is 10. The van der Waals surface area contributed by atoms with Crippen molar-refractivity contribution in [2.75, 3.05) is 29.4 Å². The molecule has 0 aliphatic carbocycles. The molecule has 0 aliphatic rings. The van der Waals surface area contributed by atoms with Crippen LogP contribution in [0, 0.1) is 20.8 Å². The maximum Gasteiger partial charge on any atom is 0.240 e. The molecular weight excluding hydrogens is 404 g/mol. The van der Waals surface area contributed by atoms with Gasteiger partial charge >= 0.3 is 0 Å². The van der Waals surface area contributed by atoms with Crippen molar-refractivity contribution in [2.45, 2.75) is 32.9 Å². The van der Waals surface area contributed by atoms with Gasteiger partial charge in [-0.1, -0.05) is 42.0 Å². The van der Waals surface area contributed by atoms with E-state index < -0.39 is 10.0 Å². The molecule has 0 heterocycles. The SMILES string of the molecule is Cc1ccc(CSCCCNC(=O)CN(c2cc(C)ccc2C)S(C)(=O)=O)cc1. The lowest BCUT2D eigenvalue weighted by molar-refractivity contribution is -0.119. The Bertz CT molecular complexity index is 926. The Labute approximate surface area is 178 Å². The molecule has 1 N–H and O–H groups in total. The Hall–Kier alpha value is -1.99. The topological polar surface area (TPSA) is 66.5 Å². The highest BCUT2D eigenvalue weighted by Crippen LogP contribution is 2.23. The minimum absolute atomic E-state index is 0.209. The van der Waals surface area contributed by atoms with Crippen molar-refractivity contribution < 1.29 is 13.2 Å². The molecule has 0 saturated heterocycles. The van der Waals surface area contributed by atoms with E-state index in [1.165, 1.54) is 15.4 Å². The fraction of sp³-hybridized carbons (Fsp3) is 0.409. The molecule has 0 saturated carbocycles. The summed E-state index contributed by atoms with van der Waals surface area (Å²) in [5.74, 6) is 1.59. The van der Waals surface area contributed by atoms with E-state index >= 15 is 0 Å². The average Bonchev–Trinajstić information content (AvgIpc) is 2.65. The van der Waals surface area contributed by atoms with Crippen LogP contribution >= 0.6 is 11.8 Å². The van der Waals surface area contributed by atoms with Gasteiger partial charge in [-0.2, -0.15) is 11.8 Å². The number of carbonyl (C=O) groups is 1. The van der Waals surface area contributed by atoms with Crippen molar-refractivity contribution in [1.82, 2.24) is 5.32 Å². The van der Waals surface area contributed by atoms with Crippen LogP contribution in [-0.2, 0) is 20.6 Å². The lowest BCUT2D eigenvalue weighted by Crippen LogP contribution is -2.41. The molecule has 158 valence electrons. The number of hydrogen-bond donors (Lipinski definition) is 1. The van der Waals surface area contributed by atoms with Gasteiger partial charge < -0.3 is 5.32 Å². The van der Waals surface area contributed by atoms with E-state index in [9.17, 15) is 13.2 Å². The van der Waals surface area contributed by atoms with Gasteiger partial charge in [0.2, 0.25) is 15.9 Å². The van der Waals surface area contributed by atoms with E-state index in [-0.39, 0.29) is 12.5 Å². The van der Waals surface area contributed by atoms with E-state index in [1.807, 2.05) is 37.7 Å². The number of carbonyl (C=O) groups excluding carboxylic acids is 1. The number of sulfonamides is 1. The van der Waals surface area contributed by atoms with Crippen molar-refractivity contribution in [3.63, 3.8) is 0 Å². The Kier molecular flexibility index (Phi) is 8.59. The highest BCUT2D eigenvalue weighted by atomic mass is 32.2. The van der Waals surface area contributed by atoms with E-state index in [1.54, 1.807) is 6.07 Å². The second kappa shape index (κ2) is 10.7. The summed E-state index contributed by atoms with van der Waals surface area (Å²) < 4.78 is 25.7. The van der Waals surface area contributed by atoms with Gasteiger partial charge in [-0.25, -0.2) is 8.42 Å². The van der Waals surface area contributed by atoms with Crippen molar-refractivity contribution in [2.24, 2.45) is 0 Å². The van der Waals surface area contributed by atoms with Gasteiger partial charge in [-0.3, -0.25) is 9.10 Å². The summed E-state index contributed by atoms with van der Waals surface area (Å²) in [6.07, 6.45) is 1.97. The van der Waals surface area contributed by atoms with E-state index in [0.717, 1.165) is 35.3 Å². The predicted octanol–water partition coefficient (Wildman–Crippen LogP) is 3.82. The van der Waals surface area contributed by atoms with Gasteiger partial charge in [0.05, 0.1) is 11.9 Å². The normalized spacial score (nSPS) is 11.3. The molecule has 2 rings (SSSR count). The van der Waals surface area contributed by atoms with Crippen LogP contribution in [0.25, 0.3) is 0 Å². The van der Waals surface area contributed by atoms with Crippen LogP contribution in [0.5, 0.6) is 0 Å². The number of nitrogens with one attached hydrogen (secondary N) is 1. The lowest BCUT2D eigenvalue weighted by Gasteiger charge is -2.24. The maximum atomic E-state index is 12.3. The molecule has 0 fully saturated rings. The Morgan fingerprint density at radius 1 is 1.03 bits per heavy atom. The van der Waals surface area contributed by atoms with Gasteiger partial charge in [-0.05, 0) is 55.7 Å². The fourth-order valence-electron chi connectivity index (χ4n) is 2.83. The molecule has 2 aromatic carbocycles. The van der Waals surface area contributed by atoms with Crippen LogP contribution in [-0.4, -0.2) is 39.4 Å². The number of aryl methyl sites for hydroxylation is 3. The van der Waals surface area contributed by atoms with Crippen LogP contribution in [0.15, 0.2) is 42.5 Å². The number of nitrogens with zero attached hydrogens (tertiary/aromatic N) is 1. The summed E-state index contributed by atoms with van der Waals surface area (Å²) in [6.45, 7) is 6.14. The molecule has 0 bridgehead atoms. The summed E-state index contributed by atoms with van der Waals surface area (Å²) in [4.78, 5) is 12.3. The lowest BCUT2D eigenvalue weighted by atomic mass is 10.1. The first-order valence-electron chi connectivity index (χ1n) is 9.62. The monoisotopic (exact) mass is 434 g/mol. The molecular formula is C22H30N2O3S2. The van der Waals surface area contributed by atoms with Crippen molar-refractivity contribution in [3.8, 4) is 0 Å². The van der Waals surface area contributed by atoms with Crippen LogP contribution in [0.1, 0.15) is 28.7 Å². The third-order valence-corrected chi connectivity index (χ3v) is 6.74. The number of anilines is 1. The largest absolute Gasteiger partial charge is 0.354 e. The minimum atomic E-state index is -3.56. The molecule has 0 spiro atoms. The van der Waals surface area contributed by atoms with E-state index in [0.29, 0.717) is 12.2 Å². The number of hydrogen-bond acceptors (Lipinski definition) is 4. The summed E-state index contributed by atoms with van der Waals surface area (Å²) >= 11 is 1.82. The van der Waals surface area contributed by atoms with Gasteiger partial charge in [0.25, 0.3) is 0 Å². The van der Waals surface area contributed by atoms with E-state index in [4.69, 9.17) is 0 Å². The molecule has 0 unspecified atom stereocenters. The number of benzene rings is 2. The molecule has 0 aromatic heterocycles. The second-order valence-electron chi connectivity index (χ2n) is 7.30. The second-order valence-corrected chi connectivity index (χ2v) is 10.3. The Morgan fingerprint density at radius 2 is 1.69 bits per heavy atom. The molecule has 7 heteroatoms. The Morgan fingerprint density at radius 3 is 2.34 bits per heavy atom. The third kappa shape index (κ3) is 7.74. The van der Waals surface area contributed by atoms with Gasteiger partial charge in [0.1, 0.15) is 6.54 Å². The van der Waals surface area contributed by atoms with Crippen molar-refractivity contribution >= 4 is 33.4 Å². The van der Waals surface area contributed by atoms with Gasteiger partial charge in [-0.15, -0.1) is 0 Å². The minimum Gasteiger partial charge on any atom is -0.354 e. The van der Waals surface area contributed by atoms with Gasteiger partial charge in [0, 0.05) is 12.3 Å². The fourth-order valence-corrected chi connectivity index (χ4v) is 4.66. The van der Waals surface area contributed by atoms with Crippen molar-refractivity contribution in [3.05, 3.63) is 64.7 Å². The van der Waals surface area contributed by atoms with Crippen LogP contribution < -0.4 is 9.62 Å². The first-order valence-corrected chi connectivity index (χ1v) is 12.6. The van der Waals surface area contributed by atoms with Crippen LogP contribution in [0.3, 0.4) is 0 Å². The predicted molar refractivity (Wildman–Crippen MR) is 123 cm³/mol. The molecule has 0 atom stereocenters. The molecule has 2 aromatic rings. The first kappa shape index (κ1) is 23.3. The molecule has 1 amide bonds. The smallest absolute Gasteiger partial charge is 0.240 e. The Balaban J connectivity index is 1.80. The molecule has 0 aliphatic heterocycles. The summed E-state index contributed by atoms with van der Waals surface area (Å²) in [6, 6.07) is 14.1. The quantitative estimate of drug-likeness (QED) is 0.578. The molecule has 29 heavy (non-hydrogen) atoms. The van der Waals surface area contributed by atoms with Crippen LogP contribution in [0.4, 0.5) is 5.69 Å². The standard InChI is InChI=1S/C22H30N2O3S2/c1-17-7-10-20(11-8-17)16-28-13-5-12-23-22(25)15-24(29(4,26)27)21-14-18(2)6-9-19(21)3/h6-11,14H,5,12-13,15-16H2,1-4H3,(H,23,25). The highest BCUT2D eigenvalue weighted by Gasteiger charge is 2.22. The maximum absolute atomic E-state index is 12.3. The van der Waals surface area contributed by atoms with E-state index in [2.05, 4.69) is 36.5 Å². The molecule has 5 nitrogen and oxygen atoms in total. The van der Waals surface area contributed by atoms with Gasteiger partial charge in [0.15, 0.2) is 0 Å². The van der Waals surface area contributed by atoms with Crippen molar-refractivity contribution in [1.29, 1.82) is 0 Å².